The summed E-state index contributed by atoms with van der Waals surface area (Å²) in [6.45, 7) is 2.14. The third-order valence-electron chi connectivity index (χ3n) is 2.19. The van der Waals surface area contributed by atoms with Crippen molar-refractivity contribution in [3.8, 4) is 0 Å². The van der Waals surface area contributed by atoms with Crippen LogP contribution >= 0.6 is 0 Å². The Labute approximate surface area is 99.4 Å². The smallest absolute Gasteiger partial charge is 0.246 e. The molecule has 0 bridgehead atoms. The van der Waals surface area contributed by atoms with E-state index in [2.05, 4.69) is 5.32 Å². The SMILES string of the molecule is CCOCC(=O)NCC(O)c1ccccc1F. The molecule has 2 N–H and O–H groups in total. The zero-order valence-corrected chi connectivity index (χ0v) is 9.65. The largest absolute Gasteiger partial charge is 0.386 e. The Bertz CT molecular complexity index is 371. The molecule has 1 rings (SSSR count). The molecule has 0 fully saturated rings. The van der Waals surface area contributed by atoms with Crippen molar-refractivity contribution in [1.82, 2.24) is 5.32 Å². The molecule has 4 nitrogen and oxygen atoms in total. The molecule has 0 aliphatic carbocycles. The third-order valence-corrected chi connectivity index (χ3v) is 2.19. The maximum atomic E-state index is 13.3. The van der Waals surface area contributed by atoms with E-state index in [-0.39, 0.29) is 24.6 Å². The molecule has 1 aromatic rings. The first-order chi connectivity index (χ1) is 8.15. The van der Waals surface area contributed by atoms with Gasteiger partial charge in [-0.1, -0.05) is 18.2 Å². The number of ether oxygens (including phenoxy) is 1. The van der Waals surface area contributed by atoms with Crippen molar-refractivity contribution < 1.29 is 19.0 Å². The van der Waals surface area contributed by atoms with Crippen LogP contribution in [0.2, 0.25) is 0 Å². The molecule has 1 unspecified atom stereocenters. The van der Waals surface area contributed by atoms with Crippen molar-refractivity contribution in [3.05, 3.63) is 35.6 Å². The minimum atomic E-state index is -1.05. The fourth-order valence-corrected chi connectivity index (χ4v) is 1.31. The Morgan fingerprint density at radius 3 is 2.88 bits per heavy atom. The summed E-state index contributed by atoms with van der Waals surface area (Å²) in [5.74, 6) is -0.818. The maximum absolute atomic E-state index is 13.3. The molecule has 94 valence electrons. The lowest BCUT2D eigenvalue weighted by Gasteiger charge is -2.12. The van der Waals surface area contributed by atoms with E-state index in [0.29, 0.717) is 6.61 Å². The number of nitrogens with one attached hydrogen (secondary N) is 1. The van der Waals surface area contributed by atoms with Crippen LogP contribution in [0.15, 0.2) is 24.3 Å². The van der Waals surface area contributed by atoms with Gasteiger partial charge in [0, 0.05) is 18.7 Å². The van der Waals surface area contributed by atoms with Gasteiger partial charge in [-0.3, -0.25) is 4.79 Å². The van der Waals surface area contributed by atoms with E-state index in [1.807, 2.05) is 0 Å². The lowest BCUT2D eigenvalue weighted by molar-refractivity contribution is -0.126. The van der Waals surface area contributed by atoms with Crippen LogP contribution in [0, 0.1) is 5.82 Å². The predicted molar refractivity (Wildman–Crippen MR) is 60.9 cm³/mol. The van der Waals surface area contributed by atoms with Crippen LogP contribution in [-0.4, -0.2) is 30.8 Å². The highest BCUT2D eigenvalue weighted by Crippen LogP contribution is 2.15. The average molecular weight is 241 g/mol. The number of benzene rings is 1. The molecule has 5 heteroatoms. The number of carbonyl (C=O) groups excluding carboxylic acids is 1. The second kappa shape index (κ2) is 6.98. The molecule has 0 aromatic heterocycles. The van der Waals surface area contributed by atoms with Crippen molar-refractivity contribution in [1.29, 1.82) is 0 Å². The zero-order chi connectivity index (χ0) is 12.7. The van der Waals surface area contributed by atoms with Gasteiger partial charge in [-0.05, 0) is 13.0 Å². The van der Waals surface area contributed by atoms with Gasteiger partial charge in [-0.2, -0.15) is 0 Å². The lowest BCUT2D eigenvalue weighted by Crippen LogP contribution is -2.31. The number of rotatable bonds is 6. The zero-order valence-electron chi connectivity index (χ0n) is 9.65. The summed E-state index contributed by atoms with van der Waals surface area (Å²) >= 11 is 0. The molecule has 0 aliphatic rings. The first-order valence-corrected chi connectivity index (χ1v) is 5.42. The van der Waals surface area contributed by atoms with Gasteiger partial charge in [0.05, 0.1) is 6.10 Å². The van der Waals surface area contributed by atoms with Crippen LogP contribution in [0.3, 0.4) is 0 Å². The topological polar surface area (TPSA) is 58.6 Å². The molecule has 1 amide bonds. The van der Waals surface area contributed by atoms with Crippen LogP contribution in [0.25, 0.3) is 0 Å². The molecule has 0 radical (unpaired) electrons. The van der Waals surface area contributed by atoms with Gasteiger partial charge in [-0.15, -0.1) is 0 Å². The van der Waals surface area contributed by atoms with Crippen LogP contribution in [-0.2, 0) is 9.53 Å². The van der Waals surface area contributed by atoms with Crippen LogP contribution in [0.5, 0.6) is 0 Å². The van der Waals surface area contributed by atoms with Crippen molar-refractivity contribution in [2.24, 2.45) is 0 Å². The number of aliphatic hydroxyl groups excluding tert-OH is 1. The molecule has 0 saturated heterocycles. The van der Waals surface area contributed by atoms with Gasteiger partial charge in [0.1, 0.15) is 12.4 Å². The van der Waals surface area contributed by atoms with Crippen molar-refractivity contribution in [2.45, 2.75) is 13.0 Å². The van der Waals surface area contributed by atoms with E-state index in [0.717, 1.165) is 0 Å². The molecule has 1 aromatic carbocycles. The van der Waals surface area contributed by atoms with Crippen LogP contribution < -0.4 is 5.32 Å². The second-order valence-corrected chi connectivity index (χ2v) is 3.48. The number of amides is 1. The Kier molecular flexibility index (Phi) is 5.59. The summed E-state index contributed by atoms with van der Waals surface area (Å²) in [5, 5.41) is 12.1. The number of aliphatic hydroxyl groups is 1. The Morgan fingerprint density at radius 2 is 2.24 bits per heavy atom. The fraction of sp³-hybridized carbons (Fsp3) is 0.417. The van der Waals surface area contributed by atoms with E-state index in [1.165, 1.54) is 12.1 Å². The van der Waals surface area contributed by atoms with E-state index in [4.69, 9.17) is 4.74 Å². The Morgan fingerprint density at radius 1 is 1.53 bits per heavy atom. The quantitative estimate of drug-likeness (QED) is 0.781. The first-order valence-electron chi connectivity index (χ1n) is 5.42. The van der Waals surface area contributed by atoms with E-state index in [1.54, 1.807) is 19.1 Å². The monoisotopic (exact) mass is 241 g/mol. The number of carbonyl (C=O) groups is 1. The molecule has 0 spiro atoms. The number of hydrogen-bond acceptors (Lipinski definition) is 3. The molecule has 0 aliphatic heterocycles. The van der Waals surface area contributed by atoms with E-state index in [9.17, 15) is 14.3 Å². The van der Waals surface area contributed by atoms with Crippen molar-refractivity contribution in [2.75, 3.05) is 19.8 Å². The number of halogens is 1. The Balaban J connectivity index is 2.42. The highest BCUT2D eigenvalue weighted by atomic mass is 19.1. The summed E-state index contributed by atoms with van der Waals surface area (Å²) < 4.78 is 18.2. The summed E-state index contributed by atoms with van der Waals surface area (Å²) in [7, 11) is 0. The minimum absolute atomic E-state index is 0.0349. The summed E-state index contributed by atoms with van der Waals surface area (Å²) in [5.41, 5.74) is 0.171. The second-order valence-electron chi connectivity index (χ2n) is 3.48. The van der Waals surface area contributed by atoms with E-state index >= 15 is 0 Å². The van der Waals surface area contributed by atoms with Gasteiger partial charge < -0.3 is 15.2 Å². The predicted octanol–water partition coefficient (Wildman–Crippen LogP) is 1.01. The van der Waals surface area contributed by atoms with E-state index < -0.39 is 11.9 Å². The molecule has 1 atom stereocenters. The average Bonchev–Trinajstić information content (AvgIpc) is 2.34. The normalized spacial score (nSPS) is 12.2. The lowest BCUT2D eigenvalue weighted by atomic mass is 10.1. The number of hydrogen-bond donors (Lipinski definition) is 2. The first kappa shape index (κ1) is 13.6. The molecular weight excluding hydrogens is 225 g/mol. The molecule has 0 heterocycles. The fourth-order valence-electron chi connectivity index (χ4n) is 1.31. The van der Waals surface area contributed by atoms with Gasteiger partial charge in [0.15, 0.2) is 0 Å². The molecule has 0 saturated carbocycles. The van der Waals surface area contributed by atoms with Gasteiger partial charge in [-0.25, -0.2) is 4.39 Å². The van der Waals surface area contributed by atoms with Crippen molar-refractivity contribution >= 4 is 5.91 Å². The third kappa shape index (κ3) is 4.50. The Hall–Kier alpha value is -1.46. The van der Waals surface area contributed by atoms with Crippen molar-refractivity contribution in [3.63, 3.8) is 0 Å². The summed E-state index contributed by atoms with van der Waals surface area (Å²) in [6.07, 6.45) is -1.05. The minimum Gasteiger partial charge on any atom is -0.386 e. The molecular formula is C12H16FNO3. The summed E-state index contributed by atoms with van der Waals surface area (Å²) in [6, 6.07) is 5.91. The van der Waals surface area contributed by atoms with Gasteiger partial charge >= 0.3 is 0 Å². The van der Waals surface area contributed by atoms with Crippen LogP contribution in [0.4, 0.5) is 4.39 Å². The highest BCUT2D eigenvalue weighted by molar-refractivity contribution is 5.77. The van der Waals surface area contributed by atoms with Gasteiger partial charge in [0.2, 0.25) is 5.91 Å². The summed E-state index contributed by atoms with van der Waals surface area (Å²) in [4.78, 5) is 11.2. The van der Waals surface area contributed by atoms with Crippen LogP contribution in [0.1, 0.15) is 18.6 Å². The van der Waals surface area contributed by atoms with Gasteiger partial charge in [0.25, 0.3) is 0 Å². The molecule has 17 heavy (non-hydrogen) atoms. The maximum Gasteiger partial charge on any atom is 0.246 e. The standard InChI is InChI=1S/C12H16FNO3/c1-2-17-8-12(16)14-7-11(15)9-5-3-4-6-10(9)13/h3-6,11,15H,2,7-8H2,1H3,(H,14,16). The highest BCUT2D eigenvalue weighted by Gasteiger charge is 2.12.